The Kier molecular flexibility index (Phi) is 9.24. The van der Waals surface area contributed by atoms with Crippen LogP contribution in [0.1, 0.15) is 23.9 Å². The minimum atomic E-state index is 0. The monoisotopic (exact) mass is 507 g/mol. The molecule has 0 saturated carbocycles. The molecule has 0 aliphatic carbocycles. The molecule has 1 heterocycles. The van der Waals surface area contributed by atoms with Gasteiger partial charge in [-0.1, -0.05) is 24.3 Å². The Morgan fingerprint density at radius 2 is 1.97 bits per heavy atom. The smallest absolute Gasteiger partial charge is 0.191 e. The molecule has 1 aromatic heterocycles. The molecular weight excluding hydrogens is 477 g/mol. The molecule has 0 fully saturated rings. The summed E-state index contributed by atoms with van der Waals surface area (Å²) in [5, 5.41) is 6.70. The normalized spacial score (nSPS) is 11.2. The van der Waals surface area contributed by atoms with Gasteiger partial charge >= 0.3 is 0 Å². The van der Waals surface area contributed by atoms with Crippen molar-refractivity contribution < 1.29 is 4.74 Å². The number of imidazole rings is 1. The molecule has 0 unspecified atom stereocenters. The molecule has 29 heavy (non-hydrogen) atoms. The zero-order valence-electron chi connectivity index (χ0n) is 17.3. The molecule has 156 valence electrons. The summed E-state index contributed by atoms with van der Waals surface area (Å²) in [6.07, 6.45) is 1.69. The zero-order valence-corrected chi connectivity index (χ0v) is 19.6. The van der Waals surface area contributed by atoms with Gasteiger partial charge in [0.2, 0.25) is 0 Å². The lowest BCUT2D eigenvalue weighted by Gasteiger charge is -2.12. The average molecular weight is 507 g/mol. The summed E-state index contributed by atoms with van der Waals surface area (Å²) in [6, 6.07) is 14.4. The molecule has 0 aliphatic heterocycles. The Hall–Kier alpha value is -2.29. The number of nitrogens with zero attached hydrogens (tertiary/aromatic N) is 2. The number of aromatic amines is 1. The second kappa shape index (κ2) is 11.6. The second-order valence-electron chi connectivity index (χ2n) is 6.69. The number of aromatic nitrogens is 2. The van der Waals surface area contributed by atoms with Crippen LogP contribution < -0.4 is 15.4 Å². The maximum Gasteiger partial charge on any atom is 0.191 e. The molecule has 0 atom stereocenters. The number of rotatable bonds is 8. The van der Waals surface area contributed by atoms with Crippen molar-refractivity contribution in [1.29, 1.82) is 0 Å². The van der Waals surface area contributed by atoms with Crippen molar-refractivity contribution in [3.63, 3.8) is 0 Å². The average Bonchev–Trinajstić information content (AvgIpc) is 3.12. The fourth-order valence-electron chi connectivity index (χ4n) is 3.08. The minimum absolute atomic E-state index is 0. The Morgan fingerprint density at radius 3 is 2.72 bits per heavy atom. The van der Waals surface area contributed by atoms with Gasteiger partial charge in [0, 0.05) is 26.1 Å². The van der Waals surface area contributed by atoms with E-state index in [-0.39, 0.29) is 24.0 Å². The molecule has 0 bridgehead atoms. The van der Waals surface area contributed by atoms with Crippen LogP contribution in [0.3, 0.4) is 0 Å². The van der Waals surface area contributed by atoms with Gasteiger partial charge in [0.1, 0.15) is 11.6 Å². The van der Waals surface area contributed by atoms with Crippen LogP contribution in [0.25, 0.3) is 11.0 Å². The van der Waals surface area contributed by atoms with Crippen LogP contribution in [0, 0.1) is 6.92 Å². The lowest BCUT2D eigenvalue weighted by Crippen LogP contribution is -2.38. The van der Waals surface area contributed by atoms with E-state index in [0.29, 0.717) is 6.54 Å². The van der Waals surface area contributed by atoms with Crippen LogP contribution in [-0.2, 0) is 12.8 Å². The van der Waals surface area contributed by atoms with Crippen molar-refractivity contribution in [3.05, 3.63) is 59.4 Å². The van der Waals surface area contributed by atoms with Crippen molar-refractivity contribution in [2.45, 2.75) is 26.7 Å². The topological polar surface area (TPSA) is 74.3 Å². The summed E-state index contributed by atoms with van der Waals surface area (Å²) in [5.41, 5.74) is 4.47. The first-order valence-corrected chi connectivity index (χ1v) is 9.79. The highest BCUT2D eigenvalue weighted by molar-refractivity contribution is 14.0. The van der Waals surface area contributed by atoms with Crippen molar-refractivity contribution >= 4 is 41.0 Å². The largest absolute Gasteiger partial charge is 0.496 e. The van der Waals surface area contributed by atoms with Crippen molar-refractivity contribution in [1.82, 2.24) is 20.6 Å². The number of guanidine groups is 1. The van der Waals surface area contributed by atoms with E-state index in [1.54, 1.807) is 7.11 Å². The van der Waals surface area contributed by atoms with Crippen LogP contribution in [0.5, 0.6) is 5.75 Å². The first-order valence-electron chi connectivity index (χ1n) is 9.79. The van der Waals surface area contributed by atoms with Crippen LogP contribution in [0.4, 0.5) is 0 Å². The molecule has 3 N–H and O–H groups in total. The summed E-state index contributed by atoms with van der Waals surface area (Å²) in [6.45, 7) is 6.44. The van der Waals surface area contributed by atoms with Gasteiger partial charge in [-0.2, -0.15) is 0 Å². The predicted molar refractivity (Wildman–Crippen MR) is 131 cm³/mol. The molecular formula is C22H30IN5O. The first-order chi connectivity index (χ1) is 13.7. The number of aryl methyl sites for hydroxylation is 1. The summed E-state index contributed by atoms with van der Waals surface area (Å²) in [5.74, 6) is 2.73. The molecule has 7 heteroatoms. The van der Waals surface area contributed by atoms with Gasteiger partial charge < -0.3 is 20.4 Å². The minimum Gasteiger partial charge on any atom is -0.496 e. The highest BCUT2D eigenvalue weighted by Crippen LogP contribution is 2.19. The van der Waals surface area contributed by atoms with Gasteiger partial charge in [-0.25, -0.2) is 4.98 Å². The molecule has 0 radical (unpaired) electrons. The molecule has 0 amide bonds. The Bertz CT molecular complexity index is 905. The number of nitrogens with one attached hydrogen (secondary N) is 3. The number of aliphatic imine (C=N–C) groups is 1. The van der Waals surface area contributed by atoms with Gasteiger partial charge in [0.05, 0.1) is 18.1 Å². The SMILES string of the molecule is CCNC(=NCCc1nc2ccccc2[nH]1)NCCc1ccc(C)c(OC)c1.I. The fraction of sp³-hybridized carbons (Fsp3) is 0.364. The van der Waals surface area contributed by atoms with Gasteiger partial charge in [-0.3, -0.25) is 4.99 Å². The zero-order chi connectivity index (χ0) is 19.8. The van der Waals surface area contributed by atoms with Crippen LogP contribution in [-0.4, -0.2) is 42.7 Å². The molecule has 0 spiro atoms. The maximum absolute atomic E-state index is 5.40. The first kappa shape index (κ1) is 23.0. The van der Waals surface area contributed by atoms with E-state index in [1.807, 2.05) is 24.3 Å². The Morgan fingerprint density at radius 1 is 1.14 bits per heavy atom. The molecule has 0 saturated heterocycles. The summed E-state index contributed by atoms with van der Waals surface area (Å²) in [7, 11) is 1.71. The number of hydrogen-bond donors (Lipinski definition) is 3. The van der Waals surface area contributed by atoms with Gasteiger partial charge in [0.25, 0.3) is 0 Å². The third-order valence-electron chi connectivity index (χ3n) is 4.58. The highest BCUT2D eigenvalue weighted by Gasteiger charge is 2.04. The molecule has 3 rings (SSSR count). The van der Waals surface area contributed by atoms with E-state index in [0.717, 1.165) is 60.1 Å². The van der Waals surface area contributed by atoms with Gasteiger partial charge in [-0.15, -0.1) is 24.0 Å². The van der Waals surface area contributed by atoms with E-state index in [2.05, 4.69) is 57.6 Å². The molecule has 3 aromatic rings. The Balaban J connectivity index is 0.00000300. The summed E-state index contributed by atoms with van der Waals surface area (Å²) < 4.78 is 5.40. The van der Waals surface area contributed by atoms with Crippen LogP contribution >= 0.6 is 24.0 Å². The molecule has 6 nitrogen and oxygen atoms in total. The van der Waals surface area contributed by atoms with Gasteiger partial charge in [-0.05, 0) is 49.6 Å². The van der Waals surface area contributed by atoms with Crippen LogP contribution in [0.15, 0.2) is 47.5 Å². The van der Waals surface area contributed by atoms with Crippen LogP contribution in [0.2, 0.25) is 0 Å². The maximum atomic E-state index is 5.40. The number of methoxy groups -OCH3 is 1. The molecule has 0 aliphatic rings. The van der Waals surface area contributed by atoms with E-state index in [4.69, 9.17) is 4.74 Å². The third-order valence-corrected chi connectivity index (χ3v) is 4.58. The number of hydrogen-bond acceptors (Lipinski definition) is 3. The number of para-hydroxylation sites is 2. The van der Waals surface area contributed by atoms with E-state index >= 15 is 0 Å². The Labute approximate surface area is 189 Å². The second-order valence-corrected chi connectivity index (χ2v) is 6.69. The number of halogens is 1. The van der Waals surface area contributed by atoms with E-state index in [9.17, 15) is 0 Å². The standard InChI is InChI=1S/C22H29N5O.HI/c1-4-23-22(24-13-11-17-10-9-16(2)20(15-17)28-3)25-14-12-21-26-18-7-5-6-8-19(18)27-21;/h5-10,15H,4,11-14H2,1-3H3,(H,26,27)(H2,23,24,25);1H. The van der Waals surface area contributed by atoms with E-state index < -0.39 is 0 Å². The van der Waals surface area contributed by atoms with Crippen molar-refractivity contribution in [2.75, 3.05) is 26.7 Å². The quantitative estimate of drug-likeness (QED) is 0.246. The van der Waals surface area contributed by atoms with Gasteiger partial charge in [0.15, 0.2) is 5.96 Å². The lowest BCUT2D eigenvalue weighted by atomic mass is 10.1. The summed E-state index contributed by atoms with van der Waals surface area (Å²) in [4.78, 5) is 12.6. The number of fused-ring (bicyclic) bond motifs is 1. The van der Waals surface area contributed by atoms with E-state index in [1.165, 1.54) is 5.56 Å². The van der Waals surface area contributed by atoms with Crippen molar-refractivity contribution in [2.24, 2.45) is 4.99 Å². The fourth-order valence-corrected chi connectivity index (χ4v) is 3.08. The van der Waals surface area contributed by atoms with Crippen molar-refractivity contribution in [3.8, 4) is 5.75 Å². The third kappa shape index (κ3) is 6.62. The molecule has 2 aromatic carbocycles. The number of H-pyrrole nitrogens is 1. The lowest BCUT2D eigenvalue weighted by molar-refractivity contribution is 0.411. The predicted octanol–water partition coefficient (Wildman–Crippen LogP) is 3.84. The number of ether oxygens (including phenoxy) is 1. The summed E-state index contributed by atoms with van der Waals surface area (Å²) >= 11 is 0. The highest BCUT2D eigenvalue weighted by atomic mass is 127. The number of benzene rings is 2.